The van der Waals surface area contributed by atoms with Crippen molar-refractivity contribution >= 4 is 27.2 Å². The van der Waals surface area contributed by atoms with Gasteiger partial charge in [-0.3, -0.25) is 4.79 Å². The molecule has 0 saturated heterocycles. The van der Waals surface area contributed by atoms with Gasteiger partial charge in [-0.05, 0) is 37.6 Å². The molecular formula is C21H20ClNO4S. The lowest BCUT2D eigenvalue weighted by atomic mass is 10.1. The minimum atomic E-state index is -3.68. The Morgan fingerprint density at radius 2 is 1.75 bits per heavy atom. The molecule has 0 radical (unpaired) electrons. The fraction of sp³-hybridized carbons (Fsp3) is 0.238. The molecule has 146 valence electrons. The fourth-order valence-corrected chi connectivity index (χ4v) is 4.37. The Balaban J connectivity index is 1.71. The maximum atomic E-state index is 12.5. The van der Waals surface area contributed by atoms with E-state index in [4.69, 9.17) is 16.0 Å². The third-order valence-electron chi connectivity index (χ3n) is 4.27. The Morgan fingerprint density at radius 3 is 2.43 bits per heavy atom. The van der Waals surface area contributed by atoms with Gasteiger partial charge in [-0.15, -0.1) is 0 Å². The topological polar surface area (TPSA) is 77.2 Å². The van der Waals surface area contributed by atoms with Crippen LogP contribution in [0.5, 0.6) is 0 Å². The number of benzene rings is 2. The Bertz CT molecular complexity index is 1100. The summed E-state index contributed by atoms with van der Waals surface area (Å²) in [6, 6.07) is 14.5. The molecule has 0 amide bonds. The van der Waals surface area contributed by atoms with E-state index in [9.17, 15) is 13.2 Å². The quantitative estimate of drug-likeness (QED) is 0.571. The molecule has 7 heteroatoms. The van der Waals surface area contributed by atoms with Crippen molar-refractivity contribution in [2.24, 2.45) is 0 Å². The van der Waals surface area contributed by atoms with Crippen molar-refractivity contribution in [2.45, 2.75) is 26.0 Å². The molecule has 0 fully saturated rings. The second-order valence-electron chi connectivity index (χ2n) is 6.73. The molecule has 2 aromatic carbocycles. The smallest absolute Gasteiger partial charge is 0.226 e. The largest absolute Gasteiger partial charge is 0.441 e. The van der Waals surface area contributed by atoms with Crippen LogP contribution in [0.2, 0.25) is 5.02 Å². The summed E-state index contributed by atoms with van der Waals surface area (Å²) >= 11 is 6.04. The first-order valence-corrected chi connectivity index (χ1v) is 10.9. The van der Waals surface area contributed by atoms with Crippen LogP contribution in [-0.4, -0.2) is 24.9 Å². The molecule has 5 nitrogen and oxygen atoms in total. The Hall–Kier alpha value is -2.44. The van der Waals surface area contributed by atoms with E-state index in [2.05, 4.69) is 4.98 Å². The van der Waals surface area contributed by atoms with Crippen molar-refractivity contribution in [1.29, 1.82) is 0 Å². The van der Waals surface area contributed by atoms with Gasteiger partial charge in [-0.2, -0.15) is 0 Å². The van der Waals surface area contributed by atoms with Crippen molar-refractivity contribution in [3.8, 4) is 11.5 Å². The summed E-state index contributed by atoms with van der Waals surface area (Å²) in [5, 5.41) is 0.448. The molecule has 0 saturated carbocycles. The summed E-state index contributed by atoms with van der Waals surface area (Å²) in [5.74, 6) is -0.525. The van der Waals surface area contributed by atoms with Crippen LogP contribution in [0.15, 0.2) is 52.9 Å². The number of carbonyl (C=O) groups excluding carboxylic acids is 1. The molecule has 3 rings (SSSR count). The second-order valence-corrected chi connectivity index (χ2v) is 9.20. The molecule has 0 spiro atoms. The van der Waals surface area contributed by atoms with E-state index in [-0.39, 0.29) is 12.2 Å². The summed E-state index contributed by atoms with van der Waals surface area (Å²) in [6.45, 7) is 3.64. The molecule has 0 atom stereocenters. The van der Waals surface area contributed by atoms with Crippen molar-refractivity contribution in [1.82, 2.24) is 4.98 Å². The molecular weight excluding hydrogens is 398 g/mol. The van der Waals surface area contributed by atoms with Crippen molar-refractivity contribution in [3.05, 3.63) is 76.1 Å². The van der Waals surface area contributed by atoms with Gasteiger partial charge in [0.25, 0.3) is 0 Å². The summed E-state index contributed by atoms with van der Waals surface area (Å²) in [4.78, 5) is 16.6. The Morgan fingerprint density at radius 1 is 1.07 bits per heavy atom. The highest BCUT2D eigenvalue weighted by Gasteiger charge is 2.22. The van der Waals surface area contributed by atoms with Gasteiger partial charge in [0.15, 0.2) is 15.6 Å². The van der Waals surface area contributed by atoms with Crippen LogP contribution in [0.25, 0.3) is 11.5 Å². The number of halogens is 1. The van der Waals surface area contributed by atoms with Gasteiger partial charge in [0.05, 0.1) is 11.4 Å². The lowest BCUT2D eigenvalue weighted by molar-refractivity contribution is -0.116. The zero-order chi connectivity index (χ0) is 20.3. The number of rotatable bonds is 7. The molecule has 0 bridgehead atoms. The molecule has 0 N–H and O–H groups in total. The average molecular weight is 418 g/mol. The lowest BCUT2D eigenvalue weighted by Gasteiger charge is -2.04. The number of sulfone groups is 1. The number of nitrogens with zero attached hydrogens (tertiary/aromatic N) is 1. The molecule has 0 unspecified atom stereocenters. The van der Waals surface area contributed by atoms with Gasteiger partial charge >= 0.3 is 0 Å². The number of carbonyl (C=O) groups is 1. The molecule has 0 aliphatic heterocycles. The van der Waals surface area contributed by atoms with Gasteiger partial charge in [0.2, 0.25) is 5.89 Å². The number of aryl methyl sites for hydroxylation is 2. The van der Waals surface area contributed by atoms with E-state index in [1.165, 1.54) is 0 Å². The van der Waals surface area contributed by atoms with Crippen LogP contribution in [0, 0.1) is 13.8 Å². The van der Waals surface area contributed by atoms with Crippen LogP contribution in [0.1, 0.15) is 22.6 Å². The van der Waals surface area contributed by atoms with Gasteiger partial charge in [-0.25, -0.2) is 13.4 Å². The molecule has 1 heterocycles. The van der Waals surface area contributed by atoms with E-state index < -0.39 is 21.4 Å². The molecule has 0 aliphatic carbocycles. The van der Waals surface area contributed by atoms with Crippen LogP contribution < -0.4 is 0 Å². The van der Waals surface area contributed by atoms with E-state index in [0.29, 0.717) is 27.9 Å². The Labute approximate surface area is 169 Å². The predicted molar refractivity (Wildman–Crippen MR) is 109 cm³/mol. The van der Waals surface area contributed by atoms with E-state index in [1.807, 2.05) is 31.2 Å². The second kappa shape index (κ2) is 8.29. The van der Waals surface area contributed by atoms with Crippen molar-refractivity contribution in [3.63, 3.8) is 0 Å². The SMILES string of the molecule is Cc1ccc(-c2nc(CS(=O)(=O)CC(=O)Cc3ccccc3Cl)c(C)o2)cc1. The molecule has 28 heavy (non-hydrogen) atoms. The maximum absolute atomic E-state index is 12.5. The number of hydrogen-bond donors (Lipinski definition) is 0. The fourth-order valence-electron chi connectivity index (χ4n) is 2.79. The minimum Gasteiger partial charge on any atom is -0.441 e. The van der Waals surface area contributed by atoms with Crippen LogP contribution in [0.3, 0.4) is 0 Å². The van der Waals surface area contributed by atoms with Gasteiger partial charge in [0, 0.05) is 17.0 Å². The zero-order valence-corrected chi connectivity index (χ0v) is 17.2. The van der Waals surface area contributed by atoms with Gasteiger partial charge < -0.3 is 4.42 Å². The van der Waals surface area contributed by atoms with Crippen LogP contribution >= 0.6 is 11.6 Å². The van der Waals surface area contributed by atoms with E-state index in [0.717, 1.165) is 11.1 Å². The minimum absolute atomic E-state index is 0.0225. The van der Waals surface area contributed by atoms with Crippen molar-refractivity contribution in [2.75, 3.05) is 5.75 Å². The highest BCUT2D eigenvalue weighted by Crippen LogP contribution is 2.23. The van der Waals surface area contributed by atoms with E-state index >= 15 is 0 Å². The first kappa shape index (κ1) is 20.3. The standard InChI is InChI=1S/C21H20ClNO4S/c1-14-7-9-16(10-8-14)21-23-20(15(2)27-21)13-28(25,26)12-18(24)11-17-5-3-4-6-19(17)22/h3-10H,11-13H2,1-2H3. The average Bonchev–Trinajstić information content (AvgIpc) is 2.97. The lowest BCUT2D eigenvalue weighted by Crippen LogP contribution is -2.20. The first-order chi connectivity index (χ1) is 13.2. The van der Waals surface area contributed by atoms with Gasteiger partial charge in [-0.1, -0.05) is 47.5 Å². The normalized spacial score (nSPS) is 11.5. The van der Waals surface area contributed by atoms with Crippen molar-refractivity contribution < 1.29 is 17.6 Å². The third kappa shape index (κ3) is 5.09. The number of ketones is 1. The number of Topliss-reactive ketones (excluding diaryl/α,β-unsaturated/α-hetero) is 1. The first-order valence-electron chi connectivity index (χ1n) is 8.72. The highest BCUT2D eigenvalue weighted by atomic mass is 35.5. The molecule has 1 aromatic heterocycles. The number of hydrogen-bond acceptors (Lipinski definition) is 5. The molecule has 3 aromatic rings. The monoisotopic (exact) mass is 417 g/mol. The van der Waals surface area contributed by atoms with Gasteiger partial charge in [0.1, 0.15) is 11.5 Å². The summed E-state index contributed by atoms with van der Waals surface area (Å²) in [5.41, 5.74) is 2.81. The number of aromatic nitrogens is 1. The predicted octanol–water partition coefficient (Wildman–Crippen LogP) is 4.34. The highest BCUT2D eigenvalue weighted by molar-refractivity contribution is 7.91. The number of oxazole rings is 1. The summed E-state index contributed by atoms with van der Waals surface area (Å²) in [6.07, 6.45) is -0.0225. The maximum Gasteiger partial charge on any atom is 0.226 e. The third-order valence-corrected chi connectivity index (χ3v) is 6.12. The van der Waals surface area contributed by atoms with E-state index in [1.54, 1.807) is 31.2 Å². The van der Waals surface area contributed by atoms with Crippen LogP contribution in [0.4, 0.5) is 0 Å². The molecule has 0 aliphatic rings. The zero-order valence-electron chi connectivity index (χ0n) is 15.6. The Kier molecular flexibility index (Phi) is 6.01. The summed E-state index contributed by atoms with van der Waals surface area (Å²) < 4.78 is 30.6. The van der Waals surface area contributed by atoms with Crippen LogP contribution in [-0.2, 0) is 26.8 Å². The summed E-state index contributed by atoms with van der Waals surface area (Å²) in [7, 11) is -3.68.